The van der Waals surface area contributed by atoms with Gasteiger partial charge in [-0.3, -0.25) is 4.79 Å². The summed E-state index contributed by atoms with van der Waals surface area (Å²) in [7, 11) is 4.17. The molecule has 2 N–H and O–H groups in total. The molecular formula is C31H37Cl2N2O4+. The van der Waals surface area contributed by atoms with Gasteiger partial charge in [-0.15, -0.1) is 0 Å². The lowest BCUT2D eigenvalue weighted by atomic mass is 10.1. The van der Waals surface area contributed by atoms with Crippen LogP contribution < -0.4 is 19.7 Å². The number of amides is 1. The highest BCUT2D eigenvalue weighted by molar-refractivity contribution is 6.35. The number of quaternary nitrogens is 1. The minimum Gasteiger partial charge on any atom is -0.494 e. The number of nitrogens with one attached hydrogen (secondary N) is 2. The lowest BCUT2D eigenvalue weighted by Crippen LogP contribution is -3.00. The van der Waals surface area contributed by atoms with Crippen LogP contribution in [0.3, 0.4) is 0 Å². The molecule has 3 rings (SSSR count). The van der Waals surface area contributed by atoms with Gasteiger partial charge in [0.05, 0.1) is 32.7 Å². The third-order valence-corrected chi connectivity index (χ3v) is 6.63. The smallest absolute Gasteiger partial charge is 0.343 e. The first-order valence-electron chi connectivity index (χ1n) is 13.4. The van der Waals surface area contributed by atoms with E-state index in [4.69, 9.17) is 32.7 Å². The Labute approximate surface area is 241 Å². The molecule has 0 saturated carbocycles. The summed E-state index contributed by atoms with van der Waals surface area (Å²) in [5.74, 6) is 0.696. The highest BCUT2D eigenvalue weighted by Crippen LogP contribution is 2.22. The predicted molar refractivity (Wildman–Crippen MR) is 157 cm³/mol. The molecule has 0 aliphatic heterocycles. The Balaban J connectivity index is 1.20. The molecule has 0 unspecified atom stereocenters. The minimum absolute atomic E-state index is 0.0781. The zero-order chi connectivity index (χ0) is 28.0. The highest BCUT2D eigenvalue weighted by atomic mass is 35.5. The Hall–Kier alpha value is -3.06. The summed E-state index contributed by atoms with van der Waals surface area (Å²) < 4.78 is 11.2. The molecule has 0 saturated heterocycles. The normalized spacial score (nSPS) is 10.9. The maximum atomic E-state index is 12.3. The van der Waals surface area contributed by atoms with Gasteiger partial charge in [-0.25, -0.2) is 4.79 Å². The SMILES string of the molecule is C[NH+](C)c1ccc(CC(=O)NCCCCCCCCOc2ccc(OC(=O)c3cc(Cl)cc(Cl)c3)cc2)cc1. The molecule has 0 aliphatic carbocycles. The quantitative estimate of drug-likeness (QED) is 0.132. The molecule has 0 spiro atoms. The Morgan fingerprint density at radius 2 is 1.36 bits per heavy atom. The van der Waals surface area contributed by atoms with Gasteiger partial charge in [0.1, 0.15) is 17.2 Å². The van der Waals surface area contributed by atoms with E-state index in [1.807, 2.05) is 12.1 Å². The average molecular weight is 573 g/mol. The van der Waals surface area contributed by atoms with E-state index in [9.17, 15) is 9.59 Å². The second-order valence-electron chi connectivity index (χ2n) is 9.71. The first-order valence-corrected chi connectivity index (χ1v) is 14.1. The third-order valence-electron chi connectivity index (χ3n) is 6.19. The van der Waals surface area contributed by atoms with E-state index in [2.05, 4.69) is 31.5 Å². The second kappa shape index (κ2) is 16.1. The molecule has 8 heteroatoms. The van der Waals surface area contributed by atoms with Crippen LogP contribution in [0.25, 0.3) is 0 Å². The van der Waals surface area contributed by atoms with Crippen LogP contribution >= 0.6 is 23.2 Å². The molecule has 0 aliphatic rings. The standard InChI is InChI=1S/C31H36Cl2N2O4/c1-35(2)27-11-9-23(10-12-27)19-30(36)34-17-7-5-3-4-6-8-18-38-28-13-15-29(16-14-28)39-31(37)24-20-25(32)22-26(33)21-24/h9-16,20-22H,3-8,17-19H2,1-2H3,(H,34,36)/p+1. The first-order chi connectivity index (χ1) is 18.8. The number of ether oxygens (including phenoxy) is 2. The van der Waals surface area contributed by atoms with Gasteiger partial charge in [0, 0.05) is 16.6 Å². The average Bonchev–Trinajstić information content (AvgIpc) is 2.90. The molecule has 0 fully saturated rings. The molecule has 1 amide bonds. The molecule has 6 nitrogen and oxygen atoms in total. The molecule has 39 heavy (non-hydrogen) atoms. The van der Waals surface area contributed by atoms with E-state index in [-0.39, 0.29) is 5.91 Å². The fraction of sp³-hybridized carbons (Fsp3) is 0.355. The van der Waals surface area contributed by atoms with E-state index in [1.165, 1.54) is 22.7 Å². The summed E-state index contributed by atoms with van der Waals surface area (Å²) in [5.41, 5.74) is 2.54. The molecular weight excluding hydrogens is 535 g/mol. The second-order valence-corrected chi connectivity index (χ2v) is 10.6. The number of hydrogen-bond acceptors (Lipinski definition) is 4. The molecule has 0 bridgehead atoms. The lowest BCUT2D eigenvalue weighted by Gasteiger charge is -2.09. The highest BCUT2D eigenvalue weighted by Gasteiger charge is 2.11. The third kappa shape index (κ3) is 11.3. The number of benzene rings is 3. The molecule has 0 aromatic heterocycles. The molecule has 3 aromatic carbocycles. The minimum atomic E-state index is -0.526. The number of halogens is 2. The Morgan fingerprint density at radius 3 is 2.00 bits per heavy atom. The van der Waals surface area contributed by atoms with Crippen molar-refractivity contribution < 1.29 is 24.0 Å². The van der Waals surface area contributed by atoms with Crippen LogP contribution in [0.15, 0.2) is 66.7 Å². The van der Waals surface area contributed by atoms with Gasteiger partial charge < -0.3 is 19.7 Å². The van der Waals surface area contributed by atoms with Crippen molar-refractivity contribution in [2.45, 2.75) is 44.9 Å². The largest absolute Gasteiger partial charge is 0.494 e. The van der Waals surface area contributed by atoms with Crippen molar-refractivity contribution in [3.8, 4) is 11.5 Å². The van der Waals surface area contributed by atoms with Gasteiger partial charge >= 0.3 is 5.97 Å². The van der Waals surface area contributed by atoms with Crippen molar-refractivity contribution in [1.82, 2.24) is 5.32 Å². The van der Waals surface area contributed by atoms with Crippen LogP contribution in [0.2, 0.25) is 10.0 Å². The number of rotatable bonds is 15. The molecule has 0 atom stereocenters. The number of hydrogen-bond donors (Lipinski definition) is 2. The van der Waals surface area contributed by atoms with Gasteiger partial charge in [0.15, 0.2) is 0 Å². The number of carbonyl (C=O) groups is 2. The molecule has 3 aromatic rings. The fourth-order valence-electron chi connectivity index (χ4n) is 4.00. The van der Waals surface area contributed by atoms with E-state index < -0.39 is 5.97 Å². The number of unbranched alkanes of at least 4 members (excludes halogenated alkanes) is 5. The van der Waals surface area contributed by atoms with Crippen LogP contribution in [0.4, 0.5) is 5.69 Å². The van der Waals surface area contributed by atoms with Crippen LogP contribution in [-0.2, 0) is 11.2 Å². The Kier molecular flexibility index (Phi) is 12.6. The summed E-state index contributed by atoms with van der Waals surface area (Å²) in [4.78, 5) is 25.7. The van der Waals surface area contributed by atoms with E-state index in [0.717, 1.165) is 56.4 Å². The van der Waals surface area contributed by atoms with Crippen molar-refractivity contribution in [1.29, 1.82) is 0 Å². The molecule has 0 radical (unpaired) electrons. The van der Waals surface area contributed by atoms with Crippen molar-refractivity contribution in [2.24, 2.45) is 0 Å². The number of esters is 1. The van der Waals surface area contributed by atoms with E-state index in [0.29, 0.717) is 34.4 Å². The Bertz CT molecular complexity index is 1180. The summed E-state index contributed by atoms with van der Waals surface area (Å²) in [6.07, 6.45) is 6.86. The van der Waals surface area contributed by atoms with E-state index in [1.54, 1.807) is 30.3 Å². The van der Waals surface area contributed by atoms with Crippen molar-refractivity contribution in [2.75, 3.05) is 27.2 Å². The van der Waals surface area contributed by atoms with Crippen LogP contribution in [-0.4, -0.2) is 39.1 Å². The van der Waals surface area contributed by atoms with Crippen LogP contribution in [0.1, 0.15) is 54.4 Å². The van der Waals surface area contributed by atoms with Gasteiger partial charge in [-0.1, -0.05) is 61.0 Å². The van der Waals surface area contributed by atoms with Crippen molar-refractivity contribution in [3.05, 3.63) is 87.9 Å². The number of carbonyl (C=O) groups excluding carboxylic acids is 2. The van der Waals surface area contributed by atoms with Crippen molar-refractivity contribution >= 4 is 40.8 Å². The van der Waals surface area contributed by atoms with Crippen LogP contribution in [0, 0.1) is 0 Å². The lowest BCUT2D eigenvalue weighted by molar-refractivity contribution is -0.786. The van der Waals surface area contributed by atoms with Gasteiger partial charge in [-0.05, 0) is 73.0 Å². The van der Waals surface area contributed by atoms with Crippen molar-refractivity contribution in [3.63, 3.8) is 0 Å². The topological polar surface area (TPSA) is 69.1 Å². The first kappa shape index (κ1) is 30.5. The zero-order valence-corrected chi connectivity index (χ0v) is 24.1. The van der Waals surface area contributed by atoms with Crippen LogP contribution in [0.5, 0.6) is 11.5 Å². The molecule has 208 valence electrons. The maximum absolute atomic E-state index is 12.3. The molecule has 0 heterocycles. The van der Waals surface area contributed by atoms with Gasteiger partial charge in [-0.2, -0.15) is 0 Å². The maximum Gasteiger partial charge on any atom is 0.343 e. The van der Waals surface area contributed by atoms with Gasteiger partial charge in [0.25, 0.3) is 0 Å². The fourth-order valence-corrected chi connectivity index (χ4v) is 4.52. The monoisotopic (exact) mass is 571 g/mol. The summed E-state index contributed by atoms with van der Waals surface area (Å²) in [5, 5.41) is 3.77. The zero-order valence-electron chi connectivity index (χ0n) is 22.6. The summed E-state index contributed by atoms with van der Waals surface area (Å²) in [6.45, 7) is 1.35. The summed E-state index contributed by atoms with van der Waals surface area (Å²) in [6, 6.07) is 19.7. The van der Waals surface area contributed by atoms with Gasteiger partial charge in [0.2, 0.25) is 5.91 Å². The summed E-state index contributed by atoms with van der Waals surface area (Å²) >= 11 is 11.9. The van der Waals surface area contributed by atoms with E-state index >= 15 is 0 Å². The Morgan fingerprint density at radius 1 is 0.769 bits per heavy atom. The predicted octanol–water partition coefficient (Wildman–Crippen LogP) is 6.07.